The van der Waals surface area contributed by atoms with Gasteiger partial charge in [0.15, 0.2) is 5.76 Å². The zero-order chi connectivity index (χ0) is 17.4. The zero-order valence-electron chi connectivity index (χ0n) is 13.0. The molecule has 1 N–H and O–H groups in total. The molecule has 0 unspecified atom stereocenters. The first kappa shape index (κ1) is 15.8. The number of nitrogens with one attached hydrogen (secondary N) is 1. The molecule has 130 valence electrons. The summed E-state index contributed by atoms with van der Waals surface area (Å²) >= 11 is 0. The van der Waals surface area contributed by atoms with Crippen LogP contribution in [-0.2, 0) is 10.0 Å². The van der Waals surface area contributed by atoms with Crippen molar-refractivity contribution in [1.29, 1.82) is 0 Å². The van der Waals surface area contributed by atoms with Crippen molar-refractivity contribution in [2.75, 3.05) is 4.72 Å². The van der Waals surface area contributed by atoms with Crippen LogP contribution in [0.5, 0.6) is 0 Å². The number of furan rings is 1. The van der Waals surface area contributed by atoms with E-state index in [1.165, 1.54) is 30.3 Å². The summed E-state index contributed by atoms with van der Waals surface area (Å²) in [5.74, 6) is 0.565. The second kappa shape index (κ2) is 5.99. The first-order chi connectivity index (χ1) is 12.0. The van der Waals surface area contributed by atoms with E-state index >= 15 is 0 Å². The maximum absolute atomic E-state index is 13.2. The van der Waals surface area contributed by atoms with Gasteiger partial charge in [-0.1, -0.05) is 12.5 Å². The largest absolute Gasteiger partial charge is 0.438 e. The van der Waals surface area contributed by atoms with E-state index in [-0.39, 0.29) is 28.3 Å². The number of aromatic nitrogens is 2. The van der Waals surface area contributed by atoms with E-state index in [0.717, 1.165) is 25.3 Å². The molecule has 0 saturated heterocycles. The van der Waals surface area contributed by atoms with Crippen molar-refractivity contribution < 1.29 is 21.6 Å². The van der Waals surface area contributed by atoms with Gasteiger partial charge in [0.05, 0.1) is 5.69 Å². The first-order valence-electron chi connectivity index (χ1n) is 7.73. The van der Waals surface area contributed by atoms with Crippen molar-refractivity contribution in [3.63, 3.8) is 0 Å². The monoisotopic (exact) mass is 363 g/mol. The number of hydrogen-bond acceptors (Lipinski definition) is 6. The number of hydrogen-bond donors (Lipinski definition) is 1. The topological polar surface area (TPSA) is 98.2 Å². The van der Waals surface area contributed by atoms with E-state index in [1.54, 1.807) is 0 Å². The Balaban J connectivity index is 1.56. The molecule has 1 fully saturated rings. The molecule has 2 heterocycles. The molecule has 1 aliphatic carbocycles. The molecule has 0 atom stereocenters. The Bertz CT molecular complexity index is 1010. The van der Waals surface area contributed by atoms with Crippen LogP contribution in [0.4, 0.5) is 10.1 Å². The predicted octanol–water partition coefficient (Wildman–Crippen LogP) is 3.54. The van der Waals surface area contributed by atoms with Gasteiger partial charge in [-0.05, 0) is 43.2 Å². The third-order valence-electron chi connectivity index (χ3n) is 4.03. The summed E-state index contributed by atoms with van der Waals surface area (Å²) in [7, 11) is -3.99. The number of benzene rings is 1. The molecule has 4 rings (SSSR count). The van der Waals surface area contributed by atoms with Crippen LogP contribution >= 0.6 is 0 Å². The molecule has 0 spiro atoms. The van der Waals surface area contributed by atoms with E-state index < -0.39 is 15.8 Å². The van der Waals surface area contributed by atoms with Crippen molar-refractivity contribution in [2.24, 2.45) is 0 Å². The predicted molar refractivity (Wildman–Crippen MR) is 85.8 cm³/mol. The van der Waals surface area contributed by atoms with Crippen LogP contribution < -0.4 is 4.72 Å². The smallest absolute Gasteiger partial charge is 0.295 e. The van der Waals surface area contributed by atoms with Gasteiger partial charge in [0, 0.05) is 5.92 Å². The van der Waals surface area contributed by atoms with Crippen molar-refractivity contribution >= 4 is 15.7 Å². The second-order valence-electron chi connectivity index (χ2n) is 5.81. The van der Waals surface area contributed by atoms with Gasteiger partial charge in [-0.15, -0.1) is 10.2 Å². The van der Waals surface area contributed by atoms with Gasteiger partial charge in [-0.3, -0.25) is 4.72 Å². The normalized spacial score (nSPS) is 15.1. The highest BCUT2D eigenvalue weighted by Gasteiger charge is 2.27. The highest BCUT2D eigenvalue weighted by molar-refractivity contribution is 7.92. The standard InChI is InChI=1S/C16H14FN3O4S/c17-11-5-2-6-12(9-11)20-25(21,22)14-8-7-13(23-14)16-19-18-15(24-16)10-3-1-4-10/h2,5-10,20H,1,3-4H2. The Hall–Kier alpha value is -2.68. The summed E-state index contributed by atoms with van der Waals surface area (Å²) in [6.07, 6.45) is 3.16. The van der Waals surface area contributed by atoms with Crippen molar-refractivity contribution in [3.05, 3.63) is 48.1 Å². The highest BCUT2D eigenvalue weighted by Crippen LogP contribution is 2.36. The molecule has 1 saturated carbocycles. The Kier molecular flexibility index (Phi) is 3.79. The third kappa shape index (κ3) is 3.14. The lowest BCUT2D eigenvalue weighted by molar-refractivity contribution is 0.334. The van der Waals surface area contributed by atoms with Crippen LogP contribution in [0, 0.1) is 5.82 Å². The van der Waals surface area contributed by atoms with Crippen LogP contribution in [0.25, 0.3) is 11.7 Å². The summed E-state index contributed by atoms with van der Waals surface area (Å²) in [5.41, 5.74) is 0.100. The fraction of sp³-hybridized carbons (Fsp3) is 0.250. The van der Waals surface area contributed by atoms with Crippen LogP contribution in [0.2, 0.25) is 0 Å². The molecular formula is C16H14FN3O4S. The molecule has 2 aromatic heterocycles. The van der Waals surface area contributed by atoms with Crippen LogP contribution in [0.1, 0.15) is 31.1 Å². The molecule has 0 amide bonds. The number of rotatable bonds is 5. The summed E-state index contributed by atoms with van der Waals surface area (Å²) in [6, 6.07) is 7.86. The SMILES string of the molecule is O=S(=O)(Nc1cccc(F)c1)c1ccc(-c2nnc(C3CCC3)o2)o1. The van der Waals surface area contributed by atoms with Gasteiger partial charge < -0.3 is 8.83 Å². The van der Waals surface area contributed by atoms with E-state index in [2.05, 4.69) is 14.9 Å². The lowest BCUT2D eigenvalue weighted by Crippen LogP contribution is -2.12. The van der Waals surface area contributed by atoms with Gasteiger partial charge >= 0.3 is 0 Å². The molecule has 7 nitrogen and oxygen atoms in total. The molecular weight excluding hydrogens is 349 g/mol. The molecule has 3 aromatic rings. The molecule has 25 heavy (non-hydrogen) atoms. The molecule has 0 bridgehead atoms. The Labute approximate surface area is 142 Å². The molecule has 1 aromatic carbocycles. The van der Waals surface area contributed by atoms with E-state index in [4.69, 9.17) is 8.83 Å². The second-order valence-corrected chi connectivity index (χ2v) is 7.42. The minimum atomic E-state index is -3.99. The number of anilines is 1. The first-order valence-corrected chi connectivity index (χ1v) is 9.21. The number of nitrogens with zero attached hydrogens (tertiary/aromatic N) is 2. The maximum Gasteiger partial charge on any atom is 0.295 e. The average Bonchev–Trinajstić information content (AvgIpc) is 3.13. The quantitative estimate of drug-likeness (QED) is 0.744. The van der Waals surface area contributed by atoms with E-state index in [0.29, 0.717) is 5.89 Å². The molecule has 0 aliphatic heterocycles. The zero-order valence-corrected chi connectivity index (χ0v) is 13.8. The van der Waals surface area contributed by atoms with Crippen LogP contribution in [-0.4, -0.2) is 18.6 Å². The average molecular weight is 363 g/mol. The summed E-state index contributed by atoms with van der Waals surface area (Å²) in [6.45, 7) is 0. The lowest BCUT2D eigenvalue weighted by Gasteiger charge is -2.20. The van der Waals surface area contributed by atoms with Crippen molar-refractivity contribution in [3.8, 4) is 11.7 Å². The fourth-order valence-corrected chi connectivity index (χ4v) is 3.48. The van der Waals surface area contributed by atoms with Gasteiger partial charge in [0.1, 0.15) is 5.82 Å². The van der Waals surface area contributed by atoms with Gasteiger partial charge in [-0.2, -0.15) is 8.42 Å². The summed E-state index contributed by atoms with van der Waals surface area (Å²) < 4.78 is 51.0. The van der Waals surface area contributed by atoms with Gasteiger partial charge in [0.2, 0.25) is 11.0 Å². The minimum Gasteiger partial charge on any atom is -0.438 e. The van der Waals surface area contributed by atoms with Crippen LogP contribution in [0.3, 0.4) is 0 Å². The number of sulfonamides is 1. The van der Waals surface area contributed by atoms with Gasteiger partial charge in [-0.25, -0.2) is 4.39 Å². The Morgan fingerprint density at radius 2 is 1.96 bits per heavy atom. The van der Waals surface area contributed by atoms with Crippen molar-refractivity contribution in [2.45, 2.75) is 30.3 Å². The molecule has 1 aliphatic rings. The molecule has 0 radical (unpaired) electrons. The van der Waals surface area contributed by atoms with E-state index in [9.17, 15) is 12.8 Å². The van der Waals surface area contributed by atoms with Gasteiger partial charge in [0.25, 0.3) is 15.9 Å². The maximum atomic E-state index is 13.2. The highest BCUT2D eigenvalue weighted by atomic mass is 32.2. The van der Waals surface area contributed by atoms with E-state index in [1.807, 2.05) is 0 Å². The Morgan fingerprint density at radius 1 is 1.12 bits per heavy atom. The fourth-order valence-electron chi connectivity index (χ4n) is 2.49. The van der Waals surface area contributed by atoms with Crippen LogP contribution in [0.15, 0.2) is 50.3 Å². The number of halogens is 1. The van der Waals surface area contributed by atoms with Crippen molar-refractivity contribution in [1.82, 2.24) is 10.2 Å². The Morgan fingerprint density at radius 3 is 2.68 bits per heavy atom. The third-order valence-corrected chi connectivity index (χ3v) is 5.28. The molecule has 9 heteroatoms. The lowest BCUT2D eigenvalue weighted by atomic mass is 9.85. The summed E-state index contributed by atoms with van der Waals surface area (Å²) in [5, 5.41) is 7.56. The minimum absolute atomic E-state index is 0.100. The summed E-state index contributed by atoms with van der Waals surface area (Å²) in [4.78, 5) is 0.